The number of ether oxygens (including phenoxy) is 2. The third-order valence-electron chi connectivity index (χ3n) is 5.99. The number of amides is 2. The van der Waals surface area contributed by atoms with Crippen LogP contribution < -0.4 is 14.8 Å². The van der Waals surface area contributed by atoms with Gasteiger partial charge in [-0.2, -0.15) is 0 Å². The molecule has 0 unspecified atom stereocenters. The van der Waals surface area contributed by atoms with Crippen LogP contribution in [0.3, 0.4) is 0 Å². The zero-order chi connectivity index (χ0) is 25.8. The van der Waals surface area contributed by atoms with Gasteiger partial charge in [0.2, 0.25) is 5.91 Å². The van der Waals surface area contributed by atoms with Gasteiger partial charge in [-0.3, -0.25) is 9.59 Å². The van der Waals surface area contributed by atoms with E-state index in [1.807, 2.05) is 73.7 Å². The van der Waals surface area contributed by atoms with Crippen molar-refractivity contribution in [3.05, 3.63) is 95.6 Å². The van der Waals surface area contributed by atoms with Gasteiger partial charge in [-0.25, -0.2) is 0 Å². The number of methoxy groups -OCH3 is 1. The molecule has 3 aromatic carbocycles. The zero-order valence-electron chi connectivity index (χ0n) is 21.4. The maximum absolute atomic E-state index is 13.6. The minimum Gasteiger partial charge on any atom is -0.493 e. The SMILES string of the molecule is CCCCNC(=O)[C@H](Cc1ccccc1)N(Cc1ccc(C)cc1)C(=O)COc1ccccc1OC. The maximum atomic E-state index is 13.6. The highest BCUT2D eigenvalue weighted by molar-refractivity contribution is 5.88. The first-order valence-electron chi connectivity index (χ1n) is 12.4. The van der Waals surface area contributed by atoms with Gasteiger partial charge in [0.15, 0.2) is 18.1 Å². The molecule has 6 heteroatoms. The van der Waals surface area contributed by atoms with Crippen molar-refractivity contribution in [2.45, 2.75) is 45.7 Å². The second-order valence-corrected chi connectivity index (χ2v) is 8.80. The molecule has 0 fully saturated rings. The summed E-state index contributed by atoms with van der Waals surface area (Å²) in [6.45, 7) is 4.76. The fourth-order valence-corrected chi connectivity index (χ4v) is 3.91. The van der Waals surface area contributed by atoms with Crippen LogP contribution in [0.1, 0.15) is 36.5 Å². The molecule has 0 bridgehead atoms. The molecule has 1 N–H and O–H groups in total. The van der Waals surface area contributed by atoms with Gasteiger partial charge < -0.3 is 19.7 Å². The number of aryl methyl sites for hydroxylation is 1. The molecule has 0 heterocycles. The Balaban J connectivity index is 1.89. The highest BCUT2D eigenvalue weighted by atomic mass is 16.5. The number of rotatable bonds is 13. The van der Waals surface area contributed by atoms with Gasteiger partial charge in [0.25, 0.3) is 5.91 Å². The molecule has 0 spiro atoms. The second-order valence-electron chi connectivity index (χ2n) is 8.80. The summed E-state index contributed by atoms with van der Waals surface area (Å²) in [7, 11) is 1.56. The molecule has 2 amide bonds. The van der Waals surface area contributed by atoms with Crippen LogP contribution in [-0.4, -0.2) is 43.0 Å². The summed E-state index contributed by atoms with van der Waals surface area (Å²) in [5, 5.41) is 3.03. The average Bonchev–Trinajstić information content (AvgIpc) is 2.91. The Hall–Kier alpha value is -3.80. The van der Waals surface area contributed by atoms with E-state index in [0.29, 0.717) is 31.0 Å². The van der Waals surface area contributed by atoms with Crippen LogP contribution in [0.5, 0.6) is 11.5 Å². The Labute approximate surface area is 214 Å². The number of nitrogens with zero attached hydrogens (tertiary/aromatic N) is 1. The van der Waals surface area contributed by atoms with Gasteiger partial charge >= 0.3 is 0 Å². The molecule has 0 saturated carbocycles. The van der Waals surface area contributed by atoms with Crippen molar-refractivity contribution in [2.75, 3.05) is 20.3 Å². The Bertz CT molecular complexity index is 1100. The lowest BCUT2D eigenvalue weighted by atomic mass is 10.0. The average molecular weight is 489 g/mol. The molecule has 0 aliphatic heterocycles. The van der Waals surface area contributed by atoms with E-state index < -0.39 is 6.04 Å². The number of unbranched alkanes of at least 4 members (excludes halogenated alkanes) is 1. The van der Waals surface area contributed by atoms with E-state index in [0.717, 1.165) is 29.5 Å². The Morgan fingerprint density at radius 2 is 1.56 bits per heavy atom. The van der Waals surface area contributed by atoms with Crippen LogP contribution in [-0.2, 0) is 22.6 Å². The third kappa shape index (κ3) is 7.87. The molecule has 0 aliphatic rings. The van der Waals surface area contributed by atoms with Crippen molar-refractivity contribution in [1.29, 1.82) is 0 Å². The van der Waals surface area contributed by atoms with E-state index in [2.05, 4.69) is 12.2 Å². The fourth-order valence-electron chi connectivity index (χ4n) is 3.91. The summed E-state index contributed by atoms with van der Waals surface area (Å²) in [4.78, 5) is 28.7. The summed E-state index contributed by atoms with van der Waals surface area (Å²) >= 11 is 0. The highest BCUT2D eigenvalue weighted by Gasteiger charge is 2.30. The fraction of sp³-hybridized carbons (Fsp3) is 0.333. The van der Waals surface area contributed by atoms with Gasteiger partial charge in [0, 0.05) is 19.5 Å². The molecule has 1 atom stereocenters. The summed E-state index contributed by atoms with van der Waals surface area (Å²) in [6, 6.07) is 24.3. The van der Waals surface area contributed by atoms with E-state index in [9.17, 15) is 9.59 Å². The summed E-state index contributed by atoms with van der Waals surface area (Å²) in [5.74, 6) is 0.599. The Morgan fingerprint density at radius 1 is 0.889 bits per heavy atom. The van der Waals surface area contributed by atoms with E-state index in [-0.39, 0.29) is 18.4 Å². The number of carbonyl (C=O) groups excluding carboxylic acids is 2. The molecular weight excluding hydrogens is 452 g/mol. The van der Waals surface area contributed by atoms with Crippen LogP contribution in [0.4, 0.5) is 0 Å². The normalized spacial score (nSPS) is 11.4. The third-order valence-corrected chi connectivity index (χ3v) is 5.99. The summed E-state index contributed by atoms with van der Waals surface area (Å²) in [6.07, 6.45) is 2.26. The van der Waals surface area contributed by atoms with Crippen molar-refractivity contribution < 1.29 is 19.1 Å². The first kappa shape index (κ1) is 26.8. The molecule has 0 aliphatic carbocycles. The lowest BCUT2D eigenvalue weighted by Gasteiger charge is -2.31. The summed E-state index contributed by atoms with van der Waals surface area (Å²) in [5.41, 5.74) is 3.07. The monoisotopic (exact) mass is 488 g/mol. The topological polar surface area (TPSA) is 67.9 Å². The van der Waals surface area contributed by atoms with Crippen molar-refractivity contribution in [2.24, 2.45) is 0 Å². The first-order valence-corrected chi connectivity index (χ1v) is 12.4. The minimum absolute atomic E-state index is 0.162. The largest absolute Gasteiger partial charge is 0.493 e. The molecule has 0 aromatic heterocycles. The van der Waals surface area contributed by atoms with E-state index >= 15 is 0 Å². The quantitative estimate of drug-likeness (QED) is 0.346. The molecule has 6 nitrogen and oxygen atoms in total. The van der Waals surface area contributed by atoms with Crippen LogP contribution in [0, 0.1) is 6.92 Å². The number of hydrogen-bond donors (Lipinski definition) is 1. The highest BCUT2D eigenvalue weighted by Crippen LogP contribution is 2.26. The van der Waals surface area contributed by atoms with Crippen molar-refractivity contribution in [1.82, 2.24) is 10.2 Å². The molecule has 3 rings (SSSR count). The Morgan fingerprint density at radius 3 is 2.22 bits per heavy atom. The molecule has 190 valence electrons. The van der Waals surface area contributed by atoms with Crippen LogP contribution in [0.2, 0.25) is 0 Å². The van der Waals surface area contributed by atoms with Gasteiger partial charge in [-0.05, 0) is 36.6 Å². The molecule has 3 aromatic rings. The van der Waals surface area contributed by atoms with Crippen LogP contribution >= 0.6 is 0 Å². The molecule has 0 radical (unpaired) electrons. The maximum Gasteiger partial charge on any atom is 0.261 e. The van der Waals surface area contributed by atoms with Gasteiger partial charge in [0.1, 0.15) is 6.04 Å². The van der Waals surface area contributed by atoms with Crippen LogP contribution in [0.15, 0.2) is 78.9 Å². The molecular formula is C30H36N2O4. The van der Waals surface area contributed by atoms with Gasteiger partial charge in [-0.1, -0.05) is 85.6 Å². The number of para-hydroxylation sites is 2. The minimum atomic E-state index is -0.681. The van der Waals surface area contributed by atoms with Crippen molar-refractivity contribution in [3.63, 3.8) is 0 Å². The number of carbonyl (C=O) groups is 2. The van der Waals surface area contributed by atoms with E-state index in [4.69, 9.17) is 9.47 Å². The lowest BCUT2D eigenvalue weighted by Crippen LogP contribution is -2.51. The Kier molecular flexibility index (Phi) is 10.4. The molecule has 36 heavy (non-hydrogen) atoms. The van der Waals surface area contributed by atoms with Crippen molar-refractivity contribution >= 4 is 11.8 Å². The van der Waals surface area contributed by atoms with Gasteiger partial charge in [0.05, 0.1) is 7.11 Å². The summed E-state index contributed by atoms with van der Waals surface area (Å²) < 4.78 is 11.2. The predicted molar refractivity (Wildman–Crippen MR) is 142 cm³/mol. The number of benzene rings is 3. The lowest BCUT2D eigenvalue weighted by molar-refractivity contribution is -0.142. The smallest absolute Gasteiger partial charge is 0.261 e. The number of hydrogen-bond acceptors (Lipinski definition) is 4. The second kappa shape index (κ2) is 13.9. The van der Waals surface area contributed by atoms with Crippen LogP contribution in [0.25, 0.3) is 0 Å². The zero-order valence-corrected chi connectivity index (χ0v) is 21.4. The number of nitrogens with one attached hydrogen (secondary N) is 1. The van der Waals surface area contributed by atoms with E-state index in [1.54, 1.807) is 24.1 Å². The standard InChI is InChI=1S/C30H36N2O4/c1-4-5-19-31-30(34)26(20-24-11-7-6-8-12-24)32(21-25-17-15-23(2)16-18-25)29(33)22-36-28-14-10-9-13-27(28)35-3/h6-18,26H,4-5,19-22H2,1-3H3,(H,31,34)/t26-/m0/s1. The first-order chi connectivity index (χ1) is 17.5. The van der Waals surface area contributed by atoms with Gasteiger partial charge in [-0.15, -0.1) is 0 Å². The predicted octanol–water partition coefficient (Wildman–Crippen LogP) is 4.94. The van der Waals surface area contributed by atoms with E-state index in [1.165, 1.54) is 0 Å². The van der Waals surface area contributed by atoms with Crippen molar-refractivity contribution in [3.8, 4) is 11.5 Å². The molecule has 0 saturated heterocycles.